The number of benzene rings is 1. The molecule has 30 heavy (non-hydrogen) atoms. The summed E-state index contributed by atoms with van der Waals surface area (Å²) in [6, 6.07) is 12.0. The molecule has 1 aliphatic rings. The number of sulfonamides is 1. The lowest BCUT2D eigenvalue weighted by Gasteiger charge is -2.35. The molecule has 0 spiro atoms. The molecule has 0 radical (unpaired) electrons. The first-order chi connectivity index (χ1) is 14.3. The fourth-order valence-electron chi connectivity index (χ4n) is 3.36. The molecular formula is C21H25N3O4S2. The quantitative estimate of drug-likeness (QED) is 0.703. The number of ether oxygens (including phenoxy) is 1. The number of nitriles is 1. The number of para-hydroxylation sites is 1. The van der Waals surface area contributed by atoms with Gasteiger partial charge in [0.05, 0.1) is 5.56 Å². The standard InChI is InChI=1S/C21H25N3O4S2/c1-15(2)20(28-18-7-4-3-6-16(18)14-22)21(25)24-11-9-17(10-12-24)23-30(26,27)19-8-5-13-29-19/h3-8,13,15,17,20,23H,9-12H2,1-2H3. The summed E-state index contributed by atoms with van der Waals surface area (Å²) in [6.45, 7) is 4.70. The lowest BCUT2D eigenvalue weighted by Crippen LogP contribution is -2.51. The Hall–Kier alpha value is -2.41. The number of likely N-dealkylation sites (tertiary alicyclic amines) is 1. The molecule has 1 fully saturated rings. The number of rotatable bonds is 7. The van der Waals surface area contributed by atoms with Crippen LogP contribution in [-0.2, 0) is 14.8 Å². The lowest BCUT2D eigenvalue weighted by molar-refractivity contribution is -0.141. The molecule has 1 atom stereocenters. The van der Waals surface area contributed by atoms with Crippen LogP contribution in [-0.4, -0.2) is 44.5 Å². The topological polar surface area (TPSA) is 99.5 Å². The second-order valence-corrected chi connectivity index (χ2v) is 10.4. The van der Waals surface area contributed by atoms with Crippen LogP contribution in [0.3, 0.4) is 0 Å². The van der Waals surface area contributed by atoms with Crippen LogP contribution in [0.1, 0.15) is 32.3 Å². The van der Waals surface area contributed by atoms with Crippen LogP contribution in [0.15, 0.2) is 46.0 Å². The van der Waals surface area contributed by atoms with Crippen molar-refractivity contribution in [1.29, 1.82) is 5.26 Å². The minimum absolute atomic E-state index is 0.0840. The zero-order chi connectivity index (χ0) is 21.7. The maximum atomic E-state index is 13.1. The SMILES string of the molecule is CC(C)C(Oc1ccccc1C#N)C(=O)N1CCC(NS(=O)(=O)c2cccs2)CC1. The number of nitrogens with one attached hydrogen (secondary N) is 1. The van der Waals surface area contributed by atoms with E-state index >= 15 is 0 Å². The molecule has 160 valence electrons. The fourth-order valence-corrected chi connectivity index (χ4v) is 5.68. The Morgan fingerprint density at radius 3 is 2.53 bits per heavy atom. The number of thiophene rings is 1. The second kappa shape index (κ2) is 9.60. The van der Waals surface area contributed by atoms with E-state index in [4.69, 9.17) is 4.74 Å². The van der Waals surface area contributed by atoms with Crippen molar-refractivity contribution < 1.29 is 17.9 Å². The zero-order valence-electron chi connectivity index (χ0n) is 16.9. The van der Waals surface area contributed by atoms with Crippen molar-refractivity contribution >= 4 is 27.3 Å². The first-order valence-electron chi connectivity index (χ1n) is 9.82. The summed E-state index contributed by atoms with van der Waals surface area (Å²) in [6.07, 6.45) is 0.366. The first-order valence-corrected chi connectivity index (χ1v) is 12.2. The van der Waals surface area contributed by atoms with Crippen LogP contribution in [0.25, 0.3) is 0 Å². The molecular weight excluding hydrogens is 422 g/mol. The number of piperidine rings is 1. The van der Waals surface area contributed by atoms with E-state index in [1.165, 1.54) is 11.3 Å². The predicted octanol–water partition coefficient (Wildman–Crippen LogP) is 2.99. The third-order valence-electron chi connectivity index (χ3n) is 5.00. The van der Waals surface area contributed by atoms with E-state index in [0.29, 0.717) is 41.5 Å². The van der Waals surface area contributed by atoms with Gasteiger partial charge in [0.25, 0.3) is 5.91 Å². The van der Waals surface area contributed by atoms with Gasteiger partial charge in [-0.1, -0.05) is 32.0 Å². The molecule has 1 N–H and O–H groups in total. The van der Waals surface area contributed by atoms with Gasteiger partial charge >= 0.3 is 0 Å². The number of hydrogen-bond acceptors (Lipinski definition) is 6. The van der Waals surface area contributed by atoms with Crippen molar-refractivity contribution in [3.8, 4) is 11.8 Å². The number of carbonyl (C=O) groups is 1. The maximum absolute atomic E-state index is 13.1. The summed E-state index contributed by atoms with van der Waals surface area (Å²) in [5.41, 5.74) is 0.387. The van der Waals surface area contributed by atoms with Gasteiger partial charge in [-0.25, -0.2) is 13.1 Å². The van der Waals surface area contributed by atoms with Crippen LogP contribution in [0.2, 0.25) is 0 Å². The third kappa shape index (κ3) is 5.19. The molecule has 7 nitrogen and oxygen atoms in total. The molecule has 0 aliphatic carbocycles. The monoisotopic (exact) mass is 447 g/mol. The Kier molecular flexibility index (Phi) is 7.13. The van der Waals surface area contributed by atoms with Crippen LogP contribution < -0.4 is 9.46 Å². The second-order valence-electron chi connectivity index (χ2n) is 7.54. The summed E-state index contributed by atoms with van der Waals surface area (Å²) < 4.78 is 33.8. The van der Waals surface area contributed by atoms with Gasteiger partial charge in [0, 0.05) is 19.1 Å². The van der Waals surface area contributed by atoms with E-state index in [1.54, 1.807) is 46.7 Å². The van der Waals surface area contributed by atoms with Gasteiger partial charge in [0.2, 0.25) is 10.0 Å². The molecule has 3 rings (SSSR count). The van der Waals surface area contributed by atoms with Crippen LogP contribution >= 0.6 is 11.3 Å². The van der Waals surface area contributed by atoms with Crippen molar-refractivity contribution in [3.63, 3.8) is 0 Å². The largest absolute Gasteiger partial charge is 0.479 e. The third-order valence-corrected chi connectivity index (χ3v) is 7.92. The molecule has 2 aromatic rings. The molecule has 0 saturated carbocycles. The Bertz CT molecular complexity index is 1010. The Morgan fingerprint density at radius 1 is 1.23 bits per heavy atom. The molecule has 1 saturated heterocycles. The van der Waals surface area contributed by atoms with Gasteiger partial charge in [0.1, 0.15) is 16.0 Å². The first kappa shape index (κ1) is 22.3. The number of amides is 1. The van der Waals surface area contributed by atoms with Gasteiger partial charge < -0.3 is 9.64 Å². The highest BCUT2D eigenvalue weighted by molar-refractivity contribution is 7.91. The van der Waals surface area contributed by atoms with E-state index in [-0.39, 0.29) is 17.9 Å². The zero-order valence-corrected chi connectivity index (χ0v) is 18.6. The Labute approximate surface area is 181 Å². The van der Waals surface area contributed by atoms with E-state index in [0.717, 1.165) is 0 Å². The van der Waals surface area contributed by atoms with Crippen molar-refractivity contribution in [2.45, 2.75) is 43.0 Å². The lowest BCUT2D eigenvalue weighted by atomic mass is 10.0. The summed E-state index contributed by atoms with van der Waals surface area (Å²) >= 11 is 1.18. The minimum Gasteiger partial charge on any atom is -0.479 e. The van der Waals surface area contributed by atoms with Crippen LogP contribution in [0, 0.1) is 17.2 Å². The van der Waals surface area contributed by atoms with Gasteiger partial charge in [-0.2, -0.15) is 5.26 Å². The molecule has 9 heteroatoms. The highest BCUT2D eigenvalue weighted by Gasteiger charge is 2.33. The summed E-state index contributed by atoms with van der Waals surface area (Å²) in [5.74, 6) is 0.169. The molecule has 1 aromatic carbocycles. The summed E-state index contributed by atoms with van der Waals surface area (Å²) in [5, 5.41) is 11.0. The average Bonchev–Trinajstić information content (AvgIpc) is 3.28. The van der Waals surface area contributed by atoms with Gasteiger partial charge in [-0.3, -0.25) is 4.79 Å². The fraction of sp³-hybridized carbons (Fsp3) is 0.429. The van der Waals surface area contributed by atoms with Crippen molar-refractivity contribution in [2.24, 2.45) is 5.92 Å². The Morgan fingerprint density at radius 2 is 1.93 bits per heavy atom. The number of nitrogens with zero attached hydrogens (tertiary/aromatic N) is 2. The number of hydrogen-bond donors (Lipinski definition) is 1. The summed E-state index contributed by atoms with van der Waals surface area (Å²) in [7, 11) is -3.52. The highest BCUT2D eigenvalue weighted by atomic mass is 32.2. The molecule has 1 aliphatic heterocycles. The van der Waals surface area contributed by atoms with Gasteiger partial charge in [0.15, 0.2) is 6.10 Å². The van der Waals surface area contributed by atoms with Gasteiger partial charge in [-0.15, -0.1) is 11.3 Å². The maximum Gasteiger partial charge on any atom is 0.263 e. The molecule has 1 unspecified atom stereocenters. The van der Waals surface area contributed by atoms with E-state index < -0.39 is 16.1 Å². The van der Waals surface area contributed by atoms with Crippen LogP contribution in [0.5, 0.6) is 5.75 Å². The van der Waals surface area contributed by atoms with E-state index in [9.17, 15) is 18.5 Å². The van der Waals surface area contributed by atoms with Crippen molar-refractivity contribution in [3.05, 3.63) is 47.3 Å². The van der Waals surface area contributed by atoms with Gasteiger partial charge in [-0.05, 0) is 42.3 Å². The highest BCUT2D eigenvalue weighted by Crippen LogP contribution is 2.24. The summed E-state index contributed by atoms with van der Waals surface area (Å²) in [4.78, 5) is 14.8. The van der Waals surface area contributed by atoms with Crippen molar-refractivity contribution in [2.75, 3.05) is 13.1 Å². The van der Waals surface area contributed by atoms with E-state index in [2.05, 4.69) is 10.8 Å². The Balaban J connectivity index is 1.62. The average molecular weight is 448 g/mol. The molecule has 0 bridgehead atoms. The smallest absolute Gasteiger partial charge is 0.263 e. The van der Waals surface area contributed by atoms with E-state index in [1.807, 2.05) is 13.8 Å². The minimum atomic E-state index is -3.52. The molecule has 1 amide bonds. The molecule has 2 heterocycles. The normalized spacial score (nSPS) is 16.3. The predicted molar refractivity (Wildman–Crippen MR) is 115 cm³/mol. The molecule has 1 aromatic heterocycles. The number of carbonyl (C=O) groups excluding carboxylic acids is 1. The van der Waals surface area contributed by atoms with Crippen LogP contribution in [0.4, 0.5) is 0 Å². The van der Waals surface area contributed by atoms with Crippen molar-refractivity contribution in [1.82, 2.24) is 9.62 Å².